The van der Waals surface area contributed by atoms with Crippen LogP contribution >= 0.6 is 0 Å². The minimum Gasteiger partial charge on any atom is -0.488 e. The zero-order chi connectivity index (χ0) is 12.5. The molecule has 2 rings (SSSR count). The molecule has 1 fully saturated rings. The molecule has 0 aromatic heterocycles. The molecule has 0 saturated carbocycles. The van der Waals surface area contributed by atoms with Crippen molar-refractivity contribution < 1.29 is 18.7 Å². The summed E-state index contributed by atoms with van der Waals surface area (Å²) in [5.74, 6) is -0.316. The molecule has 1 aromatic rings. The maximum Gasteiger partial charge on any atom is 0.221 e. The molecular formula is C12H14FNO3. The zero-order valence-electron chi connectivity index (χ0n) is 9.75. The Labute approximate surface area is 98.7 Å². The average molecular weight is 239 g/mol. The average Bonchev–Trinajstić information content (AvgIpc) is 2.97. The number of carbonyl (C=O) groups excluding carboxylic acids is 1. The number of rotatable bonds is 4. The molecule has 1 N–H and O–H groups in total. The van der Waals surface area contributed by atoms with Gasteiger partial charge in [-0.25, -0.2) is 4.39 Å². The smallest absolute Gasteiger partial charge is 0.221 e. The Balaban J connectivity index is 2.11. The SMILES string of the molecule is CC(=O)Nc1ccc(F)cc1OCC1(C)CO1. The number of hydrogen-bond acceptors (Lipinski definition) is 3. The molecule has 5 heteroatoms. The van der Waals surface area contributed by atoms with Crippen LogP contribution in [0, 0.1) is 5.82 Å². The van der Waals surface area contributed by atoms with Crippen LogP contribution in [0.25, 0.3) is 0 Å². The van der Waals surface area contributed by atoms with Crippen molar-refractivity contribution in [3.05, 3.63) is 24.0 Å². The minimum absolute atomic E-state index is 0.227. The van der Waals surface area contributed by atoms with E-state index >= 15 is 0 Å². The Morgan fingerprint density at radius 2 is 2.35 bits per heavy atom. The van der Waals surface area contributed by atoms with Gasteiger partial charge in [0.05, 0.1) is 12.3 Å². The van der Waals surface area contributed by atoms with E-state index in [-0.39, 0.29) is 11.5 Å². The molecule has 0 aliphatic carbocycles. The zero-order valence-corrected chi connectivity index (χ0v) is 9.75. The standard InChI is InChI=1S/C12H14FNO3/c1-8(15)14-10-4-3-9(13)5-11(10)16-6-12(2)7-17-12/h3-5H,6-7H2,1-2H3,(H,14,15). The Hall–Kier alpha value is -1.62. The van der Waals surface area contributed by atoms with Gasteiger partial charge in [0.2, 0.25) is 5.91 Å². The number of anilines is 1. The predicted octanol–water partition coefficient (Wildman–Crippen LogP) is 1.95. The highest BCUT2D eigenvalue weighted by Gasteiger charge is 2.40. The second-order valence-electron chi connectivity index (χ2n) is 4.35. The van der Waals surface area contributed by atoms with Gasteiger partial charge in [0.15, 0.2) is 0 Å². The van der Waals surface area contributed by atoms with Crippen LogP contribution in [0.1, 0.15) is 13.8 Å². The number of epoxide rings is 1. The number of amides is 1. The maximum absolute atomic E-state index is 13.1. The van der Waals surface area contributed by atoms with E-state index in [4.69, 9.17) is 9.47 Å². The van der Waals surface area contributed by atoms with Gasteiger partial charge in [0, 0.05) is 13.0 Å². The Bertz CT molecular complexity index is 443. The summed E-state index contributed by atoms with van der Waals surface area (Å²) in [6.07, 6.45) is 0. The summed E-state index contributed by atoms with van der Waals surface area (Å²) in [6.45, 7) is 4.27. The number of carbonyl (C=O) groups is 1. The van der Waals surface area contributed by atoms with Gasteiger partial charge in [0.1, 0.15) is 23.8 Å². The molecule has 17 heavy (non-hydrogen) atoms. The first kappa shape index (κ1) is 11.9. The summed E-state index contributed by atoms with van der Waals surface area (Å²) >= 11 is 0. The van der Waals surface area contributed by atoms with Crippen molar-refractivity contribution in [3.63, 3.8) is 0 Å². The molecule has 92 valence electrons. The second kappa shape index (κ2) is 4.33. The maximum atomic E-state index is 13.1. The van der Waals surface area contributed by atoms with Crippen LogP contribution < -0.4 is 10.1 Å². The van der Waals surface area contributed by atoms with Gasteiger partial charge < -0.3 is 14.8 Å². The summed E-state index contributed by atoms with van der Waals surface area (Å²) in [6, 6.07) is 3.99. The lowest BCUT2D eigenvalue weighted by Gasteiger charge is -2.13. The van der Waals surface area contributed by atoms with Gasteiger partial charge in [-0.1, -0.05) is 0 Å². The van der Waals surface area contributed by atoms with Crippen LogP contribution in [-0.2, 0) is 9.53 Å². The molecule has 0 radical (unpaired) electrons. The van der Waals surface area contributed by atoms with Gasteiger partial charge in [-0.2, -0.15) is 0 Å². The molecule has 0 spiro atoms. The molecule has 1 unspecified atom stereocenters. The van der Waals surface area contributed by atoms with E-state index in [9.17, 15) is 9.18 Å². The molecule has 1 aliphatic heterocycles. The van der Waals surface area contributed by atoms with Crippen LogP contribution in [0.3, 0.4) is 0 Å². The van der Waals surface area contributed by atoms with Gasteiger partial charge in [-0.15, -0.1) is 0 Å². The van der Waals surface area contributed by atoms with E-state index in [2.05, 4.69) is 5.32 Å². The fourth-order valence-corrected chi connectivity index (χ4v) is 1.35. The van der Waals surface area contributed by atoms with Crippen LogP contribution in [0.4, 0.5) is 10.1 Å². The normalized spacial score (nSPS) is 22.1. The van der Waals surface area contributed by atoms with E-state index in [1.807, 2.05) is 6.92 Å². The quantitative estimate of drug-likeness (QED) is 0.817. The third kappa shape index (κ3) is 3.17. The molecule has 4 nitrogen and oxygen atoms in total. The largest absolute Gasteiger partial charge is 0.488 e. The molecule has 1 aromatic carbocycles. The second-order valence-corrected chi connectivity index (χ2v) is 4.35. The molecule has 1 saturated heterocycles. The van der Waals surface area contributed by atoms with Crippen molar-refractivity contribution in [2.45, 2.75) is 19.4 Å². The Morgan fingerprint density at radius 3 is 2.94 bits per heavy atom. The fraction of sp³-hybridized carbons (Fsp3) is 0.417. The number of halogens is 1. The van der Waals surface area contributed by atoms with Crippen LogP contribution in [0.5, 0.6) is 5.75 Å². The van der Waals surface area contributed by atoms with E-state index in [0.29, 0.717) is 24.7 Å². The van der Waals surface area contributed by atoms with Crippen molar-refractivity contribution in [1.29, 1.82) is 0 Å². The first-order valence-corrected chi connectivity index (χ1v) is 5.32. The number of hydrogen-bond donors (Lipinski definition) is 1. The van der Waals surface area contributed by atoms with Crippen molar-refractivity contribution >= 4 is 11.6 Å². The van der Waals surface area contributed by atoms with E-state index in [1.165, 1.54) is 25.1 Å². The van der Waals surface area contributed by atoms with Gasteiger partial charge >= 0.3 is 0 Å². The van der Waals surface area contributed by atoms with Gasteiger partial charge in [0.25, 0.3) is 0 Å². The van der Waals surface area contributed by atoms with Crippen molar-refractivity contribution in [2.24, 2.45) is 0 Å². The van der Waals surface area contributed by atoms with Gasteiger partial charge in [-0.3, -0.25) is 4.79 Å². The van der Waals surface area contributed by atoms with Gasteiger partial charge in [-0.05, 0) is 19.1 Å². The molecule has 1 aliphatic rings. The summed E-state index contributed by atoms with van der Waals surface area (Å²) in [4.78, 5) is 11.0. The minimum atomic E-state index is -0.407. The van der Waals surface area contributed by atoms with E-state index in [1.54, 1.807) is 0 Å². The van der Waals surface area contributed by atoms with Crippen molar-refractivity contribution in [2.75, 3.05) is 18.5 Å². The topological polar surface area (TPSA) is 50.9 Å². The lowest BCUT2D eigenvalue weighted by atomic mass is 10.2. The molecule has 1 amide bonds. The van der Waals surface area contributed by atoms with Crippen LogP contribution in [0.15, 0.2) is 18.2 Å². The van der Waals surface area contributed by atoms with Crippen LogP contribution in [0.2, 0.25) is 0 Å². The summed E-state index contributed by atoms with van der Waals surface area (Å²) in [7, 11) is 0. The monoisotopic (exact) mass is 239 g/mol. The third-order valence-corrected chi connectivity index (χ3v) is 2.42. The van der Waals surface area contributed by atoms with Crippen molar-refractivity contribution in [3.8, 4) is 5.75 Å². The first-order valence-electron chi connectivity index (χ1n) is 5.32. The molecule has 1 heterocycles. The number of benzene rings is 1. The summed E-state index contributed by atoms with van der Waals surface area (Å²) in [5, 5.41) is 2.59. The number of nitrogens with one attached hydrogen (secondary N) is 1. The first-order chi connectivity index (χ1) is 7.98. The highest BCUT2D eigenvalue weighted by molar-refractivity contribution is 5.90. The highest BCUT2D eigenvalue weighted by atomic mass is 19.1. The molecule has 1 atom stereocenters. The fourth-order valence-electron chi connectivity index (χ4n) is 1.35. The lowest BCUT2D eigenvalue weighted by Crippen LogP contribution is -2.18. The van der Waals surface area contributed by atoms with Crippen LogP contribution in [-0.4, -0.2) is 24.7 Å². The van der Waals surface area contributed by atoms with E-state index < -0.39 is 5.82 Å². The summed E-state index contributed by atoms with van der Waals surface area (Å²) < 4.78 is 23.7. The predicted molar refractivity (Wildman–Crippen MR) is 60.6 cm³/mol. The number of ether oxygens (including phenoxy) is 2. The Kier molecular flexibility index (Phi) is 3.02. The van der Waals surface area contributed by atoms with E-state index in [0.717, 1.165) is 0 Å². The molecule has 0 bridgehead atoms. The highest BCUT2D eigenvalue weighted by Crippen LogP contribution is 2.30. The van der Waals surface area contributed by atoms with Crippen molar-refractivity contribution in [1.82, 2.24) is 0 Å². The molecular weight excluding hydrogens is 225 g/mol. The Morgan fingerprint density at radius 1 is 1.65 bits per heavy atom. The third-order valence-electron chi connectivity index (χ3n) is 2.42. The summed E-state index contributed by atoms with van der Waals surface area (Å²) in [5.41, 5.74) is 0.183. The lowest BCUT2D eigenvalue weighted by molar-refractivity contribution is -0.114.